The SMILES string of the molecule is Cc1cnc2c(c1C)NCC(C)(C)C2O. The molecule has 1 aliphatic rings. The number of nitrogens with one attached hydrogen (secondary N) is 1. The molecule has 0 spiro atoms. The summed E-state index contributed by atoms with van der Waals surface area (Å²) in [5.74, 6) is 0. The largest absolute Gasteiger partial charge is 0.386 e. The minimum Gasteiger partial charge on any atom is -0.386 e. The van der Waals surface area contributed by atoms with Crippen molar-refractivity contribution >= 4 is 5.69 Å². The van der Waals surface area contributed by atoms with Crippen LogP contribution in [0.4, 0.5) is 5.69 Å². The summed E-state index contributed by atoms with van der Waals surface area (Å²) >= 11 is 0. The molecule has 0 fully saturated rings. The van der Waals surface area contributed by atoms with Crippen molar-refractivity contribution in [2.45, 2.75) is 33.8 Å². The Bertz CT molecular complexity index is 399. The zero-order chi connectivity index (χ0) is 11.2. The van der Waals surface area contributed by atoms with Crippen molar-refractivity contribution in [1.29, 1.82) is 0 Å². The average Bonchev–Trinajstić information content (AvgIpc) is 2.17. The number of anilines is 1. The molecule has 2 N–H and O–H groups in total. The van der Waals surface area contributed by atoms with Gasteiger partial charge in [-0.05, 0) is 25.0 Å². The number of fused-ring (bicyclic) bond motifs is 1. The molecular weight excluding hydrogens is 188 g/mol. The first-order chi connectivity index (χ1) is 6.93. The van der Waals surface area contributed by atoms with Gasteiger partial charge in [-0.3, -0.25) is 4.98 Å². The lowest BCUT2D eigenvalue weighted by atomic mass is 9.80. The summed E-state index contributed by atoms with van der Waals surface area (Å²) in [7, 11) is 0. The number of aliphatic hydroxyl groups excluding tert-OH is 1. The van der Waals surface area contributed by atoms with Crippen LogP contribution in [-0.4, -0.2) is 16.6 Å². The Kier molecular flexibility index (Phi) is 2.23. The van der Waals surface area contributed by atoms with Crippen LogP contribution in [-0.2, 0) is 0 Å². The third kappa shape index (κ3) is 1.51. The van der Waals surface area contributed by atoms with E-state index in [1.807, 2.05) is 27.0 Å². The van der Waals surface area contributed by atoms with Gasteiger partial charge in [-0.15, -0.1) is 0 Å². The molecule has 3 nitrogen and oxygen atoms in total. The van der Waals surface area contributed by atoms with E-state index in [-0.39, 0.29) is 5.41 Å². The van der Waals surface area contributed by atoms with E-state index in [4.69, 9.17) is 0 Å². The smallest absolute Gasteiger partial charge is 0.105 e. The minimum atomic E-state index is -0.479. The van der Waals surface area contributed by atoms with E-state index in [9.17, 15) is 5.11 Å². The first kappa shape index (κ1) is 10.4. The fraction of sp³-hybridized carbons (Fsp3) is 0.583. The standard InChI is InChI=1S/C12H18N2O/c1-7-5-13-10-9(8(7)2)14-6-12(3,4)11(10)15/h5,11,14-15H,6H2,1-4H3. The van der Waals surface area contributed by atoms with E-state index in [0.29, 0.717) is 0 Å². The van der Waals surface area contributed by atoms with Crippen LogP contribution in [0.1, 0.15) is 36.8 Å². The molecule has 0 radical (unpaired) electrons. The molecule has 3 heteroatoms. The Labute approximate surface area is 90.5 Å². The van der Waals surface area contributed by atoms with Crippen molar-refractivity contribution in [2.75, 3.05) is 11.9 Å². The molecule has 2 rings (SSSR count). The van der Waals surface area contributed by atoms with Gasteiger partial charge in [-0.1, -0.05) is 13.8 Å². The third-order valence-electron chi connectivity index (χ3n) is 3.34. The molecule has 0 aromatic carbocycles. The summed E-state index contributed by atoms with van der Waals surface area (Å²) < 4.78 is 0. The zero-order valence-electron chi connectivity index (χ0n) is 9.76. The highest BCUT2D eigenvalue weighted by molar-refractivity contribution is 5.59. The molecule has 0 bridgehead atoms. The lowest BCUT2D eigenvalue weighted by molar-refractivity contribution is 0.0501. The van der Waals surface area contributed by atoms with E-state index in [0.717, 1.165) is 23.5 Å². The summed E-state index contributed by atoms with van der Waals surface area (Å²) in [5.41, 5.74) is 4.00. The van der Waals surface area contributed by atoms with Gasteiger partial charge in [0, 0.05) is 18.2 Å². The van der Waals surface area contributed by atoms with Crippen molar-refractivity contribution in [2.24, 2.45) is 5.41 Å². The molecule has 1 aliphatic heterocycles. The zero-order valence-corrected chi connectivity index (χ0v) is 9.76. The van der Waals surface area contributed by atoms with Gasteiger partial charge in [0.1, 0.15) is 6.10 Å². The highest BCUT2D eigenvalue weighted by Gasteiger charge is 2.36. The van der Waals surface area contributed by atoms with Crippen molar-refractivity contribution in [1.82, 2.24) is 4.98 Å². The number of hydrogen-bond acceptors (Lipinski definition) is 3. The monoisotopic (exact) mass is 206 g/mol. The topological polar surface area (TPSA) is 45.2 Å². The normalized spacial score (nSPS) is 23.1. The van der Waals surface area contributed by atoms with Gasteiger partial charge in [0.05, 0.1) is 11.4 Å². The van der Waals surface area contributed by atoms with E-state index in [1.54, 1.807) is 0 Å². The Morgan fingerprint density at radius 1 is 1.47 bits per heavy atom. The highest BCUT2D eigenvalue weighted by Crippen LogP contribution is 2.41. The van der Waals surface area contributed by atoms with Gasteiger partial charge in [0.25, 0.3) is 0 Å². The molecule has 1 atom stereocenters. The molecule has 82 valence electrons. The maximum atomic E-state index is 10.2. The van der Waals surface area contributed by atoms with Crippen molar-refractivity contribution in [3.05, 3.63) is 23.0 Å². The maximum Gasteiger partial charge on any atom is 0.105 e. The predicted octanol–water partition coefficient (Wildman–Crippen LogP) is 2.18. The van der Waals surface area contributed by atoms with Gasteiger partial charge in [-0.2, -0.15) is 0 Å². The summed E-state index contributed by atoms with van der Waals surface area (Å²) in [5, 5.41) is 13.6. The number of hydrogen-bond donors (Lipinski definition) is 2. The lowest BCUT2D eigenvalue weighted by Gasteiger charge is -2.37. The van der Waals surface area contributed by atoms with Crippen LogP contribution < -0.4 is 5.32 Å². The van der Waals surface area contributed by atoms with E-state index < -0.39 is 6.10 Å². The summed E-state index contributed by atoms with van der Waals surface area (Å²) in [4.78, 5) is 4.34. The van der Waals surface area contributed by atoms with Gasteiger partial charge in [0.15, 0.2) is 0 Å². The van der Waals surface area contributed by atoms with Crippen LogP contribution in [0.2, 0.25) is 0 Å². The van der Waals surface area contributed by atoms with E-state index in [1.165, 1.54) is 5.56 Å². The highest BCUT2D eigenvalue weighted by atomic mass is 16.3. The second-order valence-electron chi connectivity index (χ2n) is 5.07. The summed E-state index contributed by atoms with van der Waals surface area (Å²) in [6.45, 7) is 8.98. The van der Waals surface area contributed by atoms with E-state index in [2.05, 4.69) is 17.2 Å². The fourth-order valence-electron chi connectivity index (χ4n) is 1.93. The molecule has 0 saturated heterocycles. The van der Waals surface area contributed by atoms with E-state index >= 15 is 0 Å². The minimum absolute atomic E-state index is 0.151. The van der Waals surface area contributed by atoms with Crippen LogP contribution >= 0.6 is 0 Å². The average molecular weight is 206 g/mol. The number of pyridine rings is 1. The maximum absolute atomic E-state index is 10.2. The second kappa shape index (κ2) is 3.20. The molecule has 15 heavy (non-hydrogen) atoms. The number of rotatable bonds is 0. The van der Waals surface area contributed by atoms with Gasteiger partial charge in [0.2, 0.25) is 0 Å². The second-order valence-corrected chi connectivity index (χ2v) is 5.07. The Balaban J connectivity index is 2.55. The lowest BCUT2D eigenvalue weighted by Crippen LogP contribution is -2.36. The van der Waals surface area contributed by atoms with Gasteiger partial charge < -0.3 is 10.4 Å². The van der Waals surface area contributed by atoms with Crippen LogP contribution in [0.3, 0.4) is 0 Å². The number of nitrogens with zero attached hydrogens (tertiary/aromatic N) is 1. The number of aromatic nitrogens is 1. The quantitative estimate of drug-likeness (QED) is 0.684. The Morgan fingerprint density at radius 3 is 2.80 bits per heavy atom. The molecule has 1 aromatic rings. The molecular formula is C12H18N2O. The first-order valence-corrected chi connectivity index (χ1v) is 5.31. The summed E-state index contributed by atoms with van der Waals surface area (Å²) in [6, 6.07) is 0. The molecule has 0 saturated carbocycles. The first-order valence-electron chi connectivity index (χ1n) is 5.31. The number of aryl methyl sites for hydroxylation is 1. The fourth-order valence-corrected chi connectivity index (χ4v) is 1.93. The molecule has 1 aromatic heterocycles. The molecule has 0 amide bonds. The third-order valence-corrected chi connectivity index (χ3v) is 3.34. The van der Waals surface area contributed by atoms with Crippen molar-refractivity contribution in [3.63, 3.8) is 0 Å². The van der Waals surface area contributed by atoms with Gasteiger partial charge >= 0.3 is 0 Å². The molecule has 1 unspecified atom stereocenters. The number of aliphatic hydroxyl groups is 1. The van der Waals surface area contributed by atoms with Crippen LogP contribution in [0.25, 0.3) is 0 Å². The molecule has 0 aliphatic carbocycles. The molecule has 2 heterocycles. The Morgan fingerprint density at radius 2 is 2.13 bits per heavy atom. The van der Waals surface area contributed by atoms with Crippen LogP contribution in [0.15, 0.2) is 6.20 Å². The summed E-state index contributed by atoms with van der Waals surface area (Å²) in [6.07, 6.45) is 1.36. The van der Waals surface area contributed by atoms with Crippen LogP contribution in [0.5, 0.6) is 0 Å². The predicted molar refractivity (Wildman–Crippen MR) is 60.9 cm³/mol. The van der Waals surface area contributed by atoms with Crippen LogP contribution in [0, 0.1) is 19.3 Å². The Hall–Kier alpha value is -1.09. The van der Waals surface area contributed by atoms with Crippen molar-refractivity contribution < 1.29 is 5.11 Å². The van der Waals surface area contributed by atoms with Crippen molar-refractivity contribution in [3.8, 4) is 0 Å². The van der Waals surface area contributed by atoms with Gasteiger partial charge in [-0.25, -0.2) is 0 Å².